The zero-order chi connectivity index (χ0) is 9.97. The topological polar surface area (TPSA) is 59.4 Å². The molecule has 1 aromatic carbocycles. The summed E-state index contributed by atoms with van der Waals surface area (Å²) in [5.74, 6) is 0. The Morgan fingerprint density at radius 3 is 2.93 bits per heavy atom. The first-order valence-electron chi connectivity index (χ1n) is 4.63. The van der Waals surface area contributed by atoms with Gasteiger partial charge in [-0.05, 0) is 18.1 Å². The molecule has 2 rings (SSSR count). The summed E-state index contributed by atoms with van der Waals surface area (Å²) in [6.45, 7) is -0.000489. The Bertz CT molecular complexity index is 422. The lowest BCUT2D eigenvalue weighted by Gasteiger charge is -2.05. The van der Waals surface area contributed by atoms with E-state index in [1.165, 1.54) is 0 Å². The fourth-order valence-corrected chi connectivity index (χ4v) is 1.54. The second-order valence-corrected chi connectivity index (χ2v) is 3.40. The average Bonchev–Trinajstić information content (AvgIpc) is 2.62. The van der Waals surface area contributed by atoms with Crippen molar-refractivity contribution in [3.8, 4) is 0 Å². The number of hydrogen-bond acceptors (Lipinski definition) is 3. The normalized spacial score (nSPS) is 13.3. The molecule has 74 valence electrons. The highest BCUT2D eigenvalue weighted by Gasteiger charge is 2.08. The number of para-hydroxylation sites is 1. The van der Waals surface area contributed by atoms with E-state index in [4.69, 9.17) is 15.3 Å². The molecule has 0 saturated heterocycles. The lowest BCUT2D eigenvalue weighted by Crippen LogP contribution is -2.26. The van der Waals surface area contributed by atoms with Crippen molar-refractivity contribution in [3.63, 3.8) is 0 Å². The number of hydrogen-bond donors (Lipinski definition) is 2. The number of furan rings is 1. The van der Waals surface area contributed by atoms with E-state index in [9.17, 15) is 0 Å². The zero-order valence-electron chi connectivity index (χ0n) is 7.81. The first-order chi connectivity index (χ1) is 6.81. The Morgan fingerprint density at radius 2 is 2.14 bits per heavy atom. The summed E-state index contributed by atoms with van der Waals surface area (Å²) in [5, 5.41) is 9.93. The quantitative estimate of drug-likeness (QED) is 0.768. The van der Waals surface area contributed by atoms with Crippen LogP contribution in [0.5, 0.6) is 0 Å². The molecule has 1 heterocycles. The molecule has 0 spiro atoms. The van der Waals surface area contributed by atoms with Gasteiger partial charge in [0, 0.05) is 11.4 Å². The van der Waals surface area contributed by atoms with Crippen LogP contribution in [0, 0.1) is 0 Å². The van der Waals surface area contributed by atoms with Crippen LogP contribution in [0.3, 0.4) is 0 Å². The van der Waals surface area contributed by atoms with Crippen molar-refractivity contribution >= 4 is 11.0 Å². The summed E-state index contributed by atoms with van der Waals surface area (Å²) in [6.07, 6.45) is 2.35. The second-order valence-electron chi connectivity index (χ2n) is 3.40. The molecule has 0 aliphatic carbocycles. The summed E-state index contributed by atoms with van der Waals surface area (Å²) in [7, 11) is 0. The smallest absolute Gasteiger partial charge is 0.134 e. The molecule has 3 heteroatoms. The van der Waals surface area contributed by atoms with Crippen LogP contribution in [0.25, 0.3) is 11.0 Å². The minimum absolute atomic E-state index is 0.000489. The van der Waals surface area contributed by atoms with Gasteiger partial charge in [-0.15, -0.1) is 0 Å². The molecular formula is C11H13NO2. The molecule has 0 aliphatic heterocycles. The second kappa shape index (κ2) is 3.82. The highest BCUT2D eigenvalue weighted by molar-refractivity contribution is 5.80. The summed E-state index contributed by atoms with van der Waals surface area (Å²) >= 11 is 0. The third-order valence-electron chi connectivity index (χ3n) is 2.28. The van der Waals surface area contributed by atoms with Crippen LogP contribution in [-0.4, -0.2) is 17.8 Å². The Labute approximate surface area is 82.1 Å². The van der Waals surface area contributed by atoms with Crippen LogP contribution in [-0.2, 0) is 6.42 Å². The summed E-state index contributed by atoms with van der Waals surface area (Å²) in [4.78, 5) is 0. The van der Waals surface area contributed by atoms with Gasteiger partial charge in [0.25, 0.3) is 0 Å². The molecule has 0 saturated carbocycles. The zero-order valence-corrected chi connectivity index (χ0v) is 7.81. The van der Waals surface area contributed by atoms with E-state index in [0.717, 1.165) is 16.5 Å². The molecule has 0 amide bonds. The van der Waals surface area contributed by atoms with Crippen molar-refractivity contribution in [2.75, 3.05) is 6.61 Å². The van der Waals surface area contributed by atoms with E-state index in [1.54, 1.807) is 6.26 Å². The SMILES string of the molecule is N[C@@H](CO)Cc1coc2ccccc12. The number of aliphatic hydroxyl groups is 1. The lowest BCUT2D eigenvalue weighted by atomic mass is 10.1. The molecule has 0 fully saturated rings. The first kappa shape index (κ1) is 9.24. The molecule has 0 aliphatic rings. The predicted molar refractivity (Wildman–Crippen MR) is 55.0 cm³/mol. The summed E-state index contributed by atoms with van der Waals surface area (Å²) < 4.78 is 5.36. The summed E-state index contributed by atoms with van der Waals surface area (Å²) in [6, 6.07) is 7.60. The van der Waals surface area contributed by atoms with Crippen LogP contribution >= 0.6 is 0 Å². The van der Waals surface area contributed by atoms with Gasteiger partial charge in [0.15, 0.2) is 0 Å². The predicted octanol–water partition coefficient (Wildman–Crippen LogP) is 1.29. The van der Waals surface area contributed by atoms with Gasteiger partial charge in [-0.1, -0.05) is 18.2 Å². The van der Waals surface area contributed by atoms with Gasteiger partial charge in [-0.3, -0.25) is 0 Å². The van der Waals surface area contributed by atoms with Crippen molar-refractivity contribution in [3.05, 3.63) is 36.1 Å². The Balaban J connectivity index is 2.33. The van der Waals surface area contributed by atoms with Crippen molar-refractivity contribution in [1.82, 2.24) is 0 Å². The molecule has 3 N–H and O–H groups in total. The average molecular weight is 191 g/mol. The van der Waals surface area contributed by atoms with Crippen LogP contribution < -0.4 is 5.73 Å². The monoisotopic (exact) mass is 191 g/mol. The molecule has 0 radical (unpaired) electrons. The minimum atomic E-state index is -0.212. The van der Waals surface area contributed by atoms with Gasteiger partial charge < -0.3 is 15.3 Å². The van der Waals surface area contributed by atoms with Gasteiger partial charge in [0.2, 0.25) is 0 Å². The van der Waals surface area contributed by atoms with E-state index in [0.29, 0.717) is 6.42 Å². The molecule has 1 atom stereocenters. The Morgan fingerprint density at radius 1 is 1.36 bits per heavy atom. The van der Waals surface area contributed by atoms with E-state index in [1.807, 2.05) is 24.3 Å². The molecule has 1 aromatic heterocycles. The van der Waals surface area contributed by atoms with E-state index >= 15 is 0 Å². The largest absolute Gasteiger partial charge is 0.464 e. The maximum atomic E-state index is 8.85. The fourth-order valence-electron chi connectivity index (χ4n) is 1.54. The van der Waals surface area contributed by atoms with Crippen LogP contribution in [0.15, 0.2) is 34.9 Å². The van der Waals surface area contributed by atoms with Gasteiger partial charge in [-0.25, -0.2) is 0 Å². The highest BCUT2D eigenvalue weighted by Crippen LogP contribution is 2.21. The minimum Gasteiger partial charge on any atom is -0.464 e. The summed E-state index contributed by atoms with van der Waals surface area (Å²) in [5.41, 5.74) is 7.59. The number of nitrogens with two attached hydrogens (primary N) is 1. The molecule has 14 heavy (non-hydrogen) atoms. The molecule has 3 nitrogen and oxygen atoms in total. The number of aliphatic hydroxyl groups excluding tert-OH is 1. The Hall–Kier alpha value is -1.32. The molecular weight excluding hydrogens is 178 g/mol. The van der Waals surface area contributed by atoms with E-state index < -0.39 is 0 Å². The van der Waals surface area contributed by atoms with Crippen molar-refractivity contribution < 1.29 is 9.52 Å². The van der Waals surface area contributed by atoms with Gasteiger partial charge in [0.1, 0.15) is 5.58 Å². The highest BCUT2D eigenvalue weighted by atomic mass is 16.3. The van der Waals surface area contributed by atoms with Crippen molar-refractivity contribution in [2.24, 2.45) is 5.73 Å². The number of benzene rings is 1. The maximum Gasteiger partial charge on any atom is 0.134 e. The third-order valence-corrected chi connectivity index (χ3v) is 2.28. The van der Waals surface area contributed by atoms with Crippen LogP contribution in [0.2, 0.25) is 0 Å². The fraction of sp³-hybridized carbons (Fsp3) is 0.273. The first-order valence-corrected chi connectivity index (χ1v) is 4.63. The maximum absolute atomic E-state index is 8.85. The Kier molecular flexibility index (Phi) is 2.52. The van der Waals surface area contributed by atoms with Crippen LogP contribution in [0.1, 0.15) is 5.56 Å². The lowest BCUT2D eigenvalue weighted by molar-refractivity contribution is 0.265. The van der Waals surface area contributed by atoms with Crippen LogP contribution in [0.4, 0.5) is 0 Å². The third kappa shape index (κ3) is 1.64. The number of fused-ring (bicyclic) bond motifs is 1. The molecule has 0 bridgehead atoms. The van der Waals surface area contributed by atoms with E-state index in [-0.39, 0.29) is 12.6 Å². The van der Waals surface area contributed by atoms with E-state index in [2.05, 4.69) is 0 Å². The van der Waals surface area contributed by atoms with Crippen molar-refractivity contribution in [2.45, 2.75) is 12.5 Å². The van der Waals surface area contributed by atoms with Gasteiger partial charge >= 0.3 is 0 Å². The van der Waals surface area contributed by atoms with Gasteiger partial charge in [0.05, 0.1) is 12.9 Å². The number of rotatable bonds is 3. The standard InChI is InChI=1S/C11H13NO2/c12-9(6-13)5-8-7-14-11-4-2-1-3-10(8)11/h1-4,7,9,13H,5-6,12H2/t9-/m1/s1. The van der Waals surface area contributed by atoms with Gasteiger partial charge in [-0.2, -0.15) is 0 Å². The molecule has 2 aromatic rings. The molecule has 0 unspecified atom stereocenters. The van der Waals surface area contributed by atoms with Crippen molar-refractivity contribution in [1.29, 1.82) is 0 Å².